The van der Waals surface area contributed by atoms with Crippen LogP contribution < -0.4 is 5.32 Å². The Kier molecular flexibility index (Phi) is 4.10. The number of fused-ring (bicyclic) bond motifs is 1. The summed E-state index contributed by atoms with van der Waals surface area (Å²) in [7, 11) is 0. The lowest BCUT2D eigenvalue weighted by molar-refractivity contribution is -0.124. The maximum atomic E-state index is 11.6. The average Bonchev–Trinajstić information content (AvgIpc) is 2.72. The first kappa shape index (κ1) is 13.9. The van der Waals surface area contributed by atoms with E-state index in [9.17, 15) is 4.79 Å². The summed E-state index contributed by atoms with van der Waals surface area (Å²) < 4.78 is 2.07. The van der Waals surface area contributed by atoms with Gasteiger partial charge in [-0.1, -0.05) is 25.4 Å². The van der Waals surface area contributed by atoms with Crippen LogP contribution >= 0.6 is 11.6 Å². The number of aryl methyl sites for hydroxylation is 1. The summed E-state index contributed by atoms with van der Waals surface area (Å²) in [5, 5.41) is 3.59. The largest absolute Gasteiger partial charge is 0.349 e. The molecule has 0 aliphatic heterocycles. The van der Waals surface area contributed by atoms with Gasteiger partial charge in [0.1, 0.15) is 5.82 Å². The molecule has 1 heterocycles. The predicted molar refractivity (Wildman–Crippen MR) is 77.1 cm³/mol. The molecule has 1 aromatic heterocycles. The van der Waals surface area contributed by atoms with E-state index < -0.39 is 0 Å². The number of carbonyl (C=O) groups excluding carboxylic acids is 1. The minimum atomic E-state index is -0.0195. The third-order valence-electron chi connectivity index (χ3n) is 3.05. The molecular weight excluding hydrogens is 262 g/mol. The normalized spacial score (nSPS) is 11.2. The molecule has 1 aromatic carbocycles. The minimum absolute atomic E-state index is 0.0195. The van der Waals surface area contributed by atoms with Crippen molar-refractivity contribution in [3.05, 3.63) is 29.0 Å². The number of hydrogen-bond acceptors (Lipinski definition) is 2. The Morgan fingerprint density at radius 3 is 2.84 bits per heavy atom. The number of nitrogens with zero attached hydrogens (tertiary/aromatic N) is 2. The Labute approximate surface area is 117 Å². The minimum Gasteiger partial charge on any atom is -0.349 e. The zero-order valence-corrected chi connectivity index (χ0v) is 12.2. The predicted octanol–water partition coefficient (Wildman–Crippen LogP) is 2.98. The molecule has 2 aromatic rings. The number of halogens is 1. The number of benzene rings is 1. The number of carbonyl (C=O) groups is 1. The van der Waals surface area contributed by atoms with Gasteiger partial charge in [-0.2, -0.15) is 0 Å². The van der Waals surface area contributed by atoms with Gasteiger partial charge in [0.15, 0.2) is 0 Å². The van der Waals surface area contributed by atoms with E-state index in [1.165, 1.54) is 0 Å². The van der Waals surface area contributed by atoms with Gasteiger partial charge in [-0.25, -0.2) is 4.98 Å². The summed E-state index contributed by atoms with van der Waals surface area (Å²) >= 11 is 6.02. The van der Waals surface area contributed by atoms with Crippen molar-refractivity contribution in [2.24, 2.45) is 5.92 Å². The van der Waals surface area contributed by atoms with E-state index in [2.05, 4.69) is 21.8 Å². The number of nitrogens with one attached hydrogen (secondary N) is 1. The van der Waals surface area contributed by atoms with Gasteiger partial charge < -0.3 is 9.88 Å². The molecule has 4 nitrogen and oxygen atoms in total. The molecule has 1 N–H and O–H groups in total. The smallest absolute Gasteiger partial charge is 0.222 e. The number of hydrogen-bond donors (Lipinski definition) is 1. The van der Waals surface area contributed by atoms with Gasteiger partial charge in [0, 0.05) is 17.5 Å². The van der Waals surface area contributed by atoms with Crippen LogP contribution in [0, 0.1) is 5.92 Å². The highest BCUT2D eigenvalue weighted by Crippen LogP contribution is 2.20. The molecule has 0 bridgehead atoms. The maximum absolute atomic E-state index is 11.6. The van der Waals surface area contributed by atoms with Gasteiger partial charge in [0.2, 0.25) is 5.91 Å². The van der Waals surface area contributed by atoms with Crippen molar-refractivity contribution in [2.45, 2.75) is 33.9 Å². The molecular formula is C14H18ClN3O. The third kappa shape index (κ3) is 2.89. The molecule has 0 radical (unpaired) electrons. The Morgan fingerprint density at radius 2 is 2.21 bits per heavy atom. The van der Waals surface area contributed by atoms with Gasteiger partial charge >= 0.3 is 0 Å². The van der Waals surface area contributed by atoms with Crippen LogP contribution in [0.1, 0.15) is 26.6 Å². The first-order valence-electron chi connectivity index (χ1n) is 6.45. The lowest BCUT2D eigenvalue weighted by Gasteiger charge is -2.09. The summed E-state index contributed by atoms with van der Waals surface area (Å²) in [6.07, 6.45) is 0. The van der Waals surface area contributed by atoms with Crippen LogP contribution in [0.25, 0.3) is 11.0 Å². The molecule has 0 saturated heterocycles. The van der Waals surface area contributed by atoms with Crippen LogP contribution in [0.2, 0.25) is 5.02 Å². The van der Waals surface area contributed by atoms with E-state index in [4.69, 9.17) is 11.6 Å². The van der Waals surface area contributed by atoms with Gasteiger partial charge in [0.25, 0.3) is 0 Å². The van der Waals surface area contributed by atoms with E-state index in [0.29, 0.717) is 11.6 Å². The Balaban J connectivity index is 2.30. The fraction of sp³-hybridized carbons (Fsp3) is 0.429. The fourth-order valence-corrected chi connectivity index (χ4v) is 2.17. The molecule has 102 valence electrons. The van der Waals surface area contributed by atoms with Crippen LogP contribution in [0.5, 0.6) is 0 Å². The first-order valence-corrected chi connectivity index (χ1v) is 6.83. The van der Waals surface area contributed by atoms with Crippen molar-refractivity contribution in [1.29, 1.82) is 0 Å². The van der Waals surface area contributed by atoms with Crippen LogP contribution in [-0.2, 0) is 17.9 Å². The molecule has 0 spiro atoms. The van der Waals surface area contributed by atoms with Crippen molar-refractivity contribution >= 4 is 28.5 Å². The second-order valence-corrected chi connectivity index (χ2v) is 5.21. The van der Waals surface area contributed by atoms with Crippen LogP contribution in [0.15, 0.2) is 18.2 Å². The van der Waals surface area contributed by atoms with E-state index >= 15 is 0 Å². The highest BCUT2D eigenvalue weighted by Gasteiger charge is 2.12. The molecule has 2 rings (SSSR count). The van der Waals surface area contributed by atoms with Gasteiger partial charge in [-0.15, -0.1) is 0 Å². The molecule has 5 heteroatoms. The van der Waals surface area contributed by atoms with Crippen molar-refractivity contribution in [1.82, 2.24) is 14.9 Å². The van der Waals surface area contributed by atoms with Crippen LogP contribution in [-0.4, -0.2) is 15.5 Å². The zero-order valence-electron chi connectivity index (χ0n) is 11.4. The van der Waals surface area contributed by atoms with Crippen molar-refractivity contribution in [3.63, 3.8) is 0 Å². The topological polar surface area (TPSA) is 46.9 Å². The lowest BCUT2D eigenvalue weighted by Crippen LogP contribution is -2.28. The number of aromatic nitrogens is 2. The highest BCUT2D eigenvalue weighted by molar-refractivity contribution is 6.31. The third-order valence-corrected chi connectivity index (χ3v) is 3.29. The standard InChI is InChI=1S/C14H18ClN3O/c1-4-18-12-7-10(15)5-6-11(12)17-13(18)8-16-14(19)9(2)3/h5-7,9H,4,8H2,1-3H3,(H,16,19). The SMILES string of the molecule is CCn1c(CNC(=O)C(C)C)nc2ccc(Cl)cc21. The Bertz CT molecular complexity index is 604. The van der Waals surface area contributed by atoms with Crippen molar-refractivity contribution in [2.75, 3.05) is 0 Å². The van der Waals surface area contributed by atoms with Gasteiger partial charge in [-0.3, -0.25) is 4.79 Å². The number of amides is 1. The van der Waals surface area contributed by atoms with Crippen molar-refractivity contribution in [3.8, 4) is 0 Å². The van der Waals surface area contributed by atoms with Crippen LogP contribution in [0.4, 0.5) is 0 Å². The molecule has 0 aliphatic rings. The monoisotopic (exact) mass is 279 g/mol. The summed E-state index contributed by atoms with van der Waals surface area (Å²) in [6, 6.07) is 5.63. The number of rotatable bonds is 4. The molecule has 0 saturated carbocycles. The maximum Gasteiger partial charge on any atom is 0.222 e. The second-order valence-electron chi connectivity index (χ2n) is 4.78. The summed E-state index contributed by atoms with van der Waals surface area (Å²) in [5.74, 6) is 0.871. The second kappa shape index (κ2) is 5.61. The summed E-state index contributed by atoms with van der Waals surface area (Å²) in [4.78, 5) is 16.2. The molecule has 19 heavy (non-hydrogen) atoms. The zero-order chi connectivity index (χ0) is 14.0. The first-order chi connectivity index (χ1) is 9.02. The van der Waals surface area contributed by atoms with E-state index in [-0.39, 0.29) is 11.8 Å². The molecule has 0 unspecified atom stereocenters. The Morgan fingerprint density at radius 1 is 1.47 bits per heavy atom. The quantitative estimate of drug-likeness (QED) is 0.935. The van der Waals surface area contributed by atoms with Gasteiger partial charge in [-0.05, 0) is 25.1 Å². The Hall–Kier alpha value is -1.55. The number of imidazole rings is 1. The molecule has 0 aliphatic carbocycles. The lowest BCUT2D eigenvalue weighted by atomic mass is 10.2. The summed E-state index contributed by atoms with van der Waals surface area (Å²) in [5.41, 5.74) is 1.91. The molecule has 0 atom stereocenters. The molecule has 0 fully saturated rings. The van der Waals surface area contributed by atoms with Crippen LogP contribution in [0.3, 0.4) is 0 Å². The van der Waals surface area contributed by atoms with E-state index in [1.54, 1.807) is 0 Å². The fourth-order valence-electron chi connectivity index (χ4n) is 2.00. The summed E-state index contributed by atoms with van der Waals surface area (Å²) in [6.45, 7) is 7.03. The highest BCUT2D eigenvalue weighted by atomic mass is 35.5. The average molecular weight is 280 g/mol. The van der Waals surface area contributed by atoms with Crippen molar-refractivity contribution < 1.29 is 4.79 Å². The van der Waals surface area contributed by atoms with E-state index in [0.717, 1.165) is 23.4 Å². The van der Waals surface area contributed by atoms with Gasteiger partial charge in [0.05, 0.1) is 17.6 Å². The van der Waals surface area contributed by atoms with E-state index in [1.807, 2.05) is 32.0 Å². The molecule has 1 amide bonds.